The molecule has 0 spiro atoms. The molecule has 0 aliphatic rings. The Morgan fingerprint density at radius 2 is 1.96 bits per heavy atom. The van der Waals surface area contributed by atoms with Crippen LogP contribution in [0.2, 0.25) is 0 Å². The first-order chi connectivity index (χ1) is 11.0. The van der Waals surface area contributed by atoms with Crippen molar-refractivity contribution < 1.29 is 24.3 Å². The normalized spacial score (nSPS) is 10.6. The number of carboxylic acids is 1. The highest BCUT2D eigenvalue weighted by Crippen LogP contribution is 2.18. The molecule has 0 saturated heterocycles. The Kier molecular flexibility index (Phi) is 8.75. The highest BCUT2D eigenvalue weighted by atomic mass is 16.5. The van der Waals surface area contributed by atoms with Crippen LogP contribution in [0.3, 0.4) is 0 Å². The third-order valence-corrected chi connectivity index (χ3v) is 3.32. The molecule has 1 amide bonds. The summed E-state index contributed by atoms with van der Waals surface area (Å²) in [7, 11) is 4.22. The number of rotatable bonds is 11. The molecule has 6 heteroatoms. The Morgan fingerprint density at radius 1 is 1.22 bits per heavy atom. The third kappa shape index (κ3) is 8.83. The predicted molar refractivity (Wildman–Crippen MR) is 85.2 cm³/mol. The highest BCUT2D eigenvalue weighted by Gasteiger charge is 2.05. The quantitative estimate of drug-likeness (QED) is 0.501. The molecule has 1 aromatic carbocycles. The van der Waals surface area contributed by atoms with Gasteiger partial charge in [-0.1, -0.05) is 18.2 Å². The Bertz CT molecular complexity index is 503. The molecule has 6 nitrogen and oxygen atoms in total. The van der Waals surface area contributed by atoms with Gasteiger partial charge in [0.1, 0.15) is 5.75 Å². The summed E-state index contributed by atoms with van der Waals surface area (Å²) < 4.78 is 5.81. The first kappa shape index (κ1) is 19.0. The second-order valence-electron chi connectivity index (χ2n) is 5.74. The van der Waals surface area contributed by atoms with Crippen LogP contribution in [-0.4, -0.2) is 45.7 Å². The molecule has 128 valence electrons. The summed E-state index contributed by atoms with van der Waals surface area (Å²) in [5.74, 6) is -0.648. The van der Waals surface area contributed by atoms with E-state index < -0.39 is 5.97 Å². The van der Waals surface area contributed by atoms with Crippen LogP contribution >= 0.6 is 0 Å². The van der Waals surface area contributed by atoms with Crippen LogP contribution in [0.1, 0.15) is 24.8 Å². The summed E-state index contributed by atoms with van der Waals surface area (Å²) in [4.78, 5) is 23.2. The van der Waals surface area contributed by atoms with E-state index in [1.54, 1.807) is 0 Å². The largest absolute Gasteiger partial charge is 0.550 e. The number of hydrogen-bond acceptors (Lipinski definition) is 4. The lowest BCUT2D eigenvalue weighted by atomic mass is 10.1. The fourth-order valence-electron chi connectivity index (χ4n) is 2.10. The molecule has 0 radical (unpaired) electrons. The number of aliphatic carboxylic acids is 1. The van der Waals surface area contributed by atoms with Crippen molar-refractivity contribution in [1.29, 1.82) is 0 Å². The lowest BCUT2D eigenvalue weighted by molar-refractivity contribution is -0.858. The molecule has 0 atom stereocenters. The minimum atomic E-state index is -1.21. The van der Waals surface area contributed by atoms with Crippen molar-refractivity contribution in [3.05, 3.63) is 29.8 Å². The average molecular weight is 322 g/mol. The Labute approximate surface area is 137 Å². The molecule has 0 bridgehead atoms. The van der Waals surface area contributed by atoms with E-state index in [0.29, 0.717) is 19.6 Å². The van der Waals surface area contributed by atoms with Crippen LogP contribution in [-0.2, 0) is 16.0 Å². The zero-order valence-corrected chi connectivity index (χ0v) is 13.9. The van der Waals surface area contributed by atoms with E-state index in [1.807, 2.05) is 24.3 Å². The first-order valence-electron chi connectivity index (χ1n) is 7.95. The minimum Gasteiger partial charge on any atom is -0.550 e. The summed E-state index contributed by atoms with van der Waals surface area (Å²) in [6.45, 7) is 2.17. The number of hydrogen-bond donors (Lipinski definition) is 2. The van der Waals surface area contributed by atoms with Crippen LogP contribution in [0.15, 0.2) is 24.3 Å². The molecule has 1 rings (SSSR count). The van der Waals surface area contributed by atoms with Gasteiger partial charge < -0.3 is 24.9 Å². The van der Waals surface area contributed by atoms with Gasteiger partial charge in [0.2, 0.25) is 5.91 Å². The van der Waals surface area contributed by atoms with E-state index >= 15 is 0 Å². The maximum absolute atomic E-state index is 11.5. The van der Waals surface area contributed by atoms with Crippen molar-refractivity contribution in [3.8, 4) is 5.75 Å². The van der Waals surface area contributed by atoms with Gasteiger partial charge in [-0.05, 0) is 24.5 Å². The van der Waals surface area contributed by atoms with Crippen LogP contribution in [0.25, 0.3) is 0 Å². The second-order valence-corrected chi connectivity index (χ2v) is 5.74. The first-order valence-corrected chi connectivity index (χ1v) is 7.95. The van der Waals surface area contributed by atoms with Gasteiger partial charge in [0, 0.05) is 25.4 Å². The van der Waals surface area contributed by atoms with E-state index in [-0.39, 0.29) is 18.7 Å². The van der Waals surface area contributed by atoms with Crippen LogP contribution in [0.5, 0.6) is 5.75 Å². The fourth-order valence-corrected chi connectivity index (χ4v) is 2.10. The van der Waals surface area contributed by atoms with E-state index in [1.165, 1.54) is 4.90 Å². The molecular formula is C17H26N2O4. The number of ether oxygens (including phenoxy) is 1. The average Bonchev–Trinajstić information content (AvgIpc) is 2.50. The number of benzene rings is 1. The molecule has 23 heavy (non-hydrogen) atoms. The van der Waals surface area contributed by atoms with Crippen molar-refractivity contribution in [3.63, 3.8) is 0 Å². The van der Waals surface area contributed by atoms with Gasteiger partial charge in [-0.3, -0.25) is 4.79 Å². The van der Waals surface area contributed by atoms with Gasteiger partial charge in [-0.2, -0.15) is 0 Å². The number of quaternary nitrogens is 1. The van der Waals surface area contributed by atoms with Crippen molar-refractivity contribution in [1.82, 2.24) is 5.32 Å². The van der Waals surface area contributed by atoms with Crippen molar-refractivity contribution in [2.45, 2.75) is 25.7 Å². The van der Waals surface area contributed by atoms with Crippen LogP contribution < -0.4 is 20.1 Å². The topological polar surface area (TPSA) is 82.9 Å². The van der Waals surface area contributed by atoms with E-state index in [9.17, 15) is 14.7 Å². The molecule has 0 heterocycles. The maximum Gasteiger partial charge on any atom is 0.220 e. The summed E-state index contributed by atoms with van der Waals surface area (Å²) in [6, 6.07) is 7.76. The van der Waals surface area contributed by atoms with E-state index in [4.69, 9.17) is 4.74 Å². The Morgan fingerprint density at radius 3 is 2.65 bits per heavy atom. The SMILES string of the molecule is C[NH+](C)CCCOc1ccccc1CCNC(=O)CCC(=O)[O-]. The standard InChI is InChI=1S/C17H26N2O4/c1-19(2)12-5-13-23-15-7-4-3-6-14(15)10-11-18-16(20)8-9-17(21)22/h3-4,6-7H,5,8-13H2,1-2H3,(H,18,20)(H,21,22). The molecule has 0 aromatic heterocycles. The molecule has 1 aromatic rings. The molecule has 0 unspecified atom stereocenters. The van der Waals surface area contributed by atoms with Gasteiger partial charge in [0.25, 0.3) is 0 Å². The van der Waals surface area contributed by atoms with Crippen molar-refractivity contribution >= 4 is 11.9 Å². The van der Waals surface area contributed by atoms with Gasteiger partial charge in [0.15, 0.2) is 0 Å². The summed E-state index contributed by atoms with van der Waals surface area (Å²) in [6.07, 6.45) is 1.33. The summed E-state index contributed by atoms with van der Waals surface area (Å²) in [5.41, 5.74) is 1.03. The summed E-state index contributed by atoms with van der Waals surface area (Å²) >= 11 is 0. The summed E-state index contributed by atoms with van der Waals surface area (Å²) in [5, 5.41) is 13.0. The van der Waals surface area contributed by atoms with E-state index in [0.717, 1.165) is 24.3 Å². The number of carbonyl (C=O) groups excluding carboxylic acids is 2. The predicted octanol–water partition coefficient (Wildman–Crippen LogP) is -1.21. The number of para-hydroxylation sites is 1. The van der Waals surface area contributed by atoms with Crippen LogP contribution in [0, 0.1) is 0 Å². The highest BCUT2D eigenvalue weighted by molar-refractivity contribution is 5.79. The minimum absolute atomic E-state index is 0.0483. The molecule has 0 fully saturated rings. The Balaban J connectivity index is 2.35. The number of carbonyl (C=O) groups is 2. The molecule has 0 saturated carbocycles. The number of carboxylic acid groups (broad SMARTS) is 1. The smallest absolute Gasteiger partial charge is 0.220 e. The van der Waals surface area contributed by atoms with Gasteiger partial charge in [-0.25, -0.2) is 0 Å². The van der Waals surface area contributed by atoms with Gasteiger partial charge in [0.05, 0.1) is 27.2 Å². The van der Waals surface area contributed by atoms with Crippen LogP contribution in [0.4, 0.5) is 0 Å². The molecule has 0 aliphatic carbocycles. The Hall–Kier alpha value is -2.08. The zero-order valence-electron chi connectivity index (χ0n) is 13.9. The molecule has 2 N–H and O–H groups in total. The lowest BCUT2D eigenvalue weighted by Gasteiger charge is -2.13. The van der Waals surface area contributed by atoms with E-state index in [2.05, 4.69) is 19.4 Å². The number of nitrogens with one attached hydrogen (secondary N) is 2. The van der Waals surface area contributed by atoms with Gasteiger partial charge in [-0.15, -0.1) is 0 Å². The van der Waals surface area contributed by atoms with Crippen molar-refractivity contribution in [2.75, 3.05) is 33.8 Å². The number of amides is 1. The third-order valence-electron chi connectivity index (χ3n) is 3.32. The second kappa shape index (κ2) is 10.6. The molecular weight excluding hydrogens is 296 g/mol. The lowest BCUT2D eigenvalue weighted by Crippen LogP contribution is -3.05. The van der Waals surface area contributed by atoms with Crippen molar-refractivity contribution in [2.24, 2.45) is 0 Å². The van der Waals surface area contributed by atoms with Gasteiger partial charge >= 0.3 is 0 Å². The molecule has 0 aliphatic heterocycles. The zero-order chi connectivity index (χ0) is 17.1. The maximum atomic E-state index is 11.5. The monoisotopic (exact) mass is 322 g/mol. The fraction of sp³-hybridized carbons (Fsp3) is 0.529.